The zero-order chi connectivity index (χ0) is 39.5. The molecular weight excluding hydrogens is 713 g/mol. The molecule has 0 spiro atoms. The number of hydrogen-bond acceptors (Lipinski definition) is 2. The van der Waals surface area contributed by atoms with Crippen LogP contribution in [-0.2, 0) is 5.41 Å². The Kier molecular flexibility index (Phi) is 8.20. The van der Waals surface area contributed by atoms with E-state index in [-0.39, 0.29) is 5.41 Å². The van der Waals surface area contributed by atoms with E-state index in [4.69, 9.17) is 9.97 Å². The third-order valence-corrected chi connectivity index (χ3v) is 12.3. The topological polar surface area (TPSA) is 25.8 Å². The summed E-state index contributed by atoms with van der Waals surface area (Å²) in [6, 6.07) is 74.4. The molecule has 2 nitrogen and oxygen atoms in total. The van der Waals surface area contributed by atoms with Crippen LogP contribution in [0.4, 0.5) is 0 Å². The van der Waals surface area contributed by atoms with Gasteiger partial charge in [0.05, 0.1) is 11.4 Å². The maximum Gasteiger partial charge on any atom is 0.160 e. The van der Waals surface area contributed by atoms with E-state index in [1.807, 2.05) is 18.2 Å². The predicted octanol–water partition coefficient (Wildman–Crippen LogP) is 15.1. The van der Waals surface area contributed by atoms with Crippen molar-refractivity contribution in [3.05, 3.63) is 217 Å². The average molecular weight is 753 g/mol. The Morgan fingerprint density at radius 1 is 0.305 bits per heavy atom. The highest BCUT2D eigenvalue weighted by molar-refractivity contribution is 6.05. The van der Waals surface area contributed by atoms with Gasteiger partial charge in [-0.15, -0.1) is 0 Å². The molecule has 0 radical (unpaired) electrons. The molecular formula is C57H40N2. The zero-order valence-corrected chi connectivity index (χ0v) is 33.0. The third-order valence-electron chi connectivity index (χ3n) is 12.3. The molecule has 0 aliphatic heterocycles. The van der Waals surface area contributed by atoms with Crippen LogP contribution in [0.5, 0.6) is 0 Å². The molecule has 10 aromatic rings. The largest absolute Gasteiger partial charge is 0.228 e. The lowest BCUT2D eigenvalue weighted by Gasteiger charge is -2.22. The van der Waals surface area contributed by atoms with Crippen molar-refractivity contribution < 1.29 is 0 Å². The van der Waals surface area contributed by atoms with Crippen LogP contribution in [0.1, 0.15) is 25.0 Å². The molecule has 11 rings (SSSR count). The molecule has 1 aliphatic rings. The van der Waals surface area contributed by atoms with Crippen molar-refractivity contribution in [2.24, 2.45) is 0 Å². The van der Waals surface area contributed by atoms with Gasteiger partial charge in [-0.2, -0.15) is 0 Å². The normalized spacial score (nSPS) is 12.7. The Bertz CT molecular complexity index is 3240. The van der Waals surface area contributed by atoms with Gasteiger partial charge in [0, 0.05) is 22.1 Å². The zero-order valence-electron chi connectivity index (χ0n) is 33.0. The van der Waals surface area contributed by atoms with Crippen molar-refractivity contribution in [2.45, 2.75) is 19.3 Å². The van der Waals surface area contributed by atoms with Gasteiger partial charge < -0.3 is 0 Å². The standard InChI is InChI=1S/C57H40N2/c1-57(2)52-28-11-10-26-49(52)50-30-29-40(35-53(50)57)39-19-12-20-41(33-39)46-31-32-51(48-25-9-8-24-47(46)48)55-36-54(58-56(59-55)38-16-4-3-5-17-38)43-22-13-21-42(34-43)45-27-14-18-37-15-6-7-23-44(37)45/h3-36H,1-2H3. The summed E-state index contributed by atoms with van der Waals surface area (Å²) in [6.45, 7) is 4.69. The highest BCUT2D eigenvalue weighted by Crippen LogP contribution is 2.49. The monoisotopic (exact) mass is 752 g/mol. The fourth-order valence-electron chi connectivity index (χ4n) is 9.30. The second-order valence-corrected chi connectivity index (χ2v) is 16.2. The molecule has 0 saturated heterocycles. The molecule has 1 aliphatic carbocycles. The first-order chi connectivity index (χ1) is 29.0. The molecule has 278 valence electrons. The average Bonchev–Trinajstić information content (AvgIpc) is 3.53. The van der Waals surface area contributed by atoms with Crippen LogP contribution >= 0.6 is 0 Å². The van der Waals surface area contributed by atoms with E-state index in [1.165, 1.54) is 66.2 Å². The van der Waals surface area contributed by atoms with Crippen LogP contribution in [-0.4, -0.2) is 9.97 Å². The van der Waals surface area contributed by atoms with Gasteiger partial charge in [0.2, 0.25) is 0 Å². The van der Waals surface area contributed by atoms with Crippen LogP contribution in [0, 0.1) is 0 Å². The van der Waals surface area contributed by atoms with Crippen molar-refractivity contribution in [1.29, 1.82) is 0 Å². The summed E-state index contributed by atoms with van der Waals surface area (Å²) < 4.78 is 0. The van der Waals surface area contributed by atoms with Crippen LogP contribution in [0.2, 0.25) is 0 Å². The third kappa shape index (κ3) is 5.96. The first-order valence-corrected chi connectivity index (χ1v) is 20.4. The molecule has 0 saturated carbocycles. The van der Waals surface area contributed by atoms with Gasteiger partial charge in [-0.25, -0.2) is 9.97 Å². The first-order valence-electron chi connectivity index (χ1n) is 20.4. The van der Waals surface area contributed by atoms with Crippen molar-refractivity contribution in [3.8, 4) is 78.4 Å². The van der Waals surface area contributed by atoms with E-state index in [0.29, 0.717) is 5.82 Å². The Balaban J connectivity index is 1.02. The lowest BCUT2D eigenvalue weighted by molar-refractivity contribution is 0.660. The second-order valence-electron chi connectivity index (χ2n) is 16.2. The summed E-state index contributed by atoms with van der Waals surface area (Å²) in [4.78, 5) is 10.5. The molecule has 0 bridgehead atoms. The van der Waals surface area contributed by atoms with Crippen LogP contribution < -0.4 is 0 Å². The molecule has 0 N–H and O–H groups in total. The number of rotatable bonds is 6. The van der Waals surface area contributed by atoms with Crippen LogP contribution in [0.3, 0.4) is 0 Å². The van der Waals surface area contributed by atoms with Crippen molar-refractivity contribution in [2.75, 3.05) is 0 Å². The summed E-state index contributed by atoms with van der Waals surface area (Å²) in [6.07, 6.45) is 0. The summed E-state index contributed by atoms with van der Waals surface area (Å²) in [7, 11) is 0. The molecule has 2 heteroatoms. The summed E-state index contributed by atoms with van der Waals surface area (Å²) in [5, 5.41) is 4.80. The maximum absolute atomic E-state index is 5.27. The van der Waals surface area contributed by atoms with Gasteiger partial charge >= 0.3 is 0 Å². The molecule has 0 atom stereocenters. The molecule has 59 heavy (non-hydrogen) atoms. The Morgan fingerprint density at radius 3 is 1.64 bits per heavy atom. The number of fused-ring (bicyclic) bond motifs is 5. The van der Waals surface area contributed by atoms with Gasteiger partial charge in [-0.05, 0) is 101 Å². The van der Waals surface area contributed by atoms with Crippen molar-refractivity contribution in [3.63, 3.8) is 0 Å². The predicted molar refractivity (Wildman–Crippen MR) is 247 cm³/mol. The number of hydrogen-bond donors (Lipinski definition) is 0. The van der Waals surface area contributed by atoms with E-state index in [9.17, 15) is 0 Å². The number of benzene rings is 9. The lowest BCUT2D eigenvalue weighted by atomic mass is 9.81. The summed E-state index contributed by atoms with van der Waals surface area (Å²) in [5.74, 6) is 0.704. The molecule has 9 aromatic carbocycles. The van der Waals surface area contributed by atoms with E-state index < -0.39 is 0 Å². The summed E-state index contributed by atoms with van der Waals surface area (Å²) in [5.41, 5.74) is 17.5. The van der Waals surface area contributed by atoms with Gasteiger partial charge in [0.1, 0.15) is 0 Å². The quantitative estimate of drug-likeness (QED) is 0.169. The van der Waals surface area contributed by atoms with Crippen molar-refractivity contribution in [1.82, 2.24) is 9.97 Å². The van der Waals surface area contributed by atoms with Gasteiger partial charge in [-0.3, -0.25) is 0 Å². The van der Waals surface area contributed by atoms with Crippen molar-refractivity contribution >= 4 is 21.5 Å². The molecule has 0 unspecified atom stereocenters. The number of aromatic nitrogens is 2. The SMILES string of the molecule is CC1(C)c2ccccc2-c2ccc(-c3cccc(-c4ccc(-c5cc(-c6cccc(-c7cccc8ccccc78)c6)nc(-c6ccccc6)n5)c5ccccc45)c3)cc21. The second kappa shape index (κ2) is 13.9. The molecule has 1 heterocycles. The Hall–Kier alpha value is -7.42. The van der Waals surface area contributed by atoms with E-state index in [2.05, 4.69) is 202 Å². The summed E-state index contributed by atoms with van der Waals surface area (Å²) >= 11 is 0. The van der Waals surface area contributed by atoms with E-state index >= 15 is 0 Å². The Labute approximate surface area is 345 Å². The Morgan fingerprint density at radius 2 is 0.814 bits per heavy atom. The highest BCUT2D eigenvalue weighted by atomic mass is 14.9. The molecule has 1 aromatic heterocycles. The van der Waals surface area contributed by atoms with Crippen LogP contribution in [0.25, 0.3) is 100.0 Å². The first kappa shape index (κ1) is 34.8. The molecule has 0 fully saturated rings. The highest BCUT2D eigenvalue weighted by Gasteiger charge is 2.35. The minimum Gasteiger partial charge on any atom is -0.228 e. The minimum absolute atomic E-state index is 0.0492. The maximum atomic E-state index is 5.27. The van der Waals surface area contributed by atoms with Crippen LogP contribution in [0.15, 0.2) is 206 Å². The lowest BCUT2D eigenvalue weighted by Crippen LogP contribution is -2.14. The number of nitrogens with zero attached hydrogens (tertiary/aromatic N) is 2. The smallest absolute Gasteiger partial charge is 0.160 e. The van der Waals surface area contributed by atoms with E-state index in [1.54, 1.807) is 0 Å². The molecule has 0 amide bonds. The van der Waals surface area contributed by atoms with Gasteiger partial charge in [0.15, 0.2) is 5.82 Å². The van der Waals surface area contributed by atoms with Gasteiger partial charge in [0.25, 0.3) is 0 Å². The fraction of sp³-hybridized carbons (Fsp3) is 0.0526. The van der Waals surface area contributed by atoms with E-state index in [0.717, 1.165) is 39.0 Å². The fourth-order valence-corrected chi connectivity index (χ4v) is 9.30. The van der Waals surface area contributed by atoms with Gasteiger partial charge in [-0.1, -0.05) is 196 Å². The minimum atomic E-state index is -0.0492.